The van der Waals surface area contributed by atoms with Crippen LogP contribution in [-0.2, 0) is 10.0 Å². The number of hydrogen-bond acceptors (Lipinski definition) is 5. The van der Waals surface area contributed by atoms with Gasteiger partial charge in [-0.05, 0) is 36.4 Å². The summed E-state index contributed by atoms with van der Waals surface area (Å²) >= 11 is 0. The largest absolute Gasteiger partial charge is 0.399 e. The molecule has 2 rings (SSSR count). The molecule has 0 bridgehead atoms. The summed E-state index contributed by atoms with van der Waals surface area (Å²) in [5, 5.41) is 0. The molecule has 0 saturated carbocycles. The predicted molar refractivity (Wildman–Crippen MR) is 69.7 cm³/mol. The number of carbonyl (C=O) groups is 1. The van der Waals surface area contributed by atoms with Crippen LogP contribution in [0, 0.1) is 0 Å². The fraction of sp³-hybridized carbons (Fsp3) is 0. The Balaban J connectivity index is 2.23. The maximum absolute atomic E-state index is 11.9. The van der Waals surface area contributed by atoms with Crippen LogP contribution in [0.2, 0.25) is 0 Å². The van der Waals surface area contributed by atoms with Crippen molar-refractivity contribution >= 4 is 21.6 Å². The van der Waals surface area contributed by atoms with Crippen molar-refractivity contribution in [2.75, 3.05) is 5.73 Å². The number of hydrogen-bond donors (Lipinski definition) is 2. The molecule has 0 aliphatic rings. The Labute approximate surface area is 110 Å². The van der Waals surface area contributed by atoms with Crippen LogP contribution in [0.25, 0.3) is 0 Å². The lowest BCUT2D eigenvalue weighted by Crippen LogP contribution is -2.31. The first kappa shape index (κ1) is 13.0. The monoisotopic (exact) mass is 277 g/mol. The molecule has 1 amide bonds. The first-order chi connectivity index (χ1) is 8.99. The molecule has 0 saturated heterocycles. The number of benzene rings is 1. The van der Waals surface area contributed by atoms with Crippen LogP contribution in [0.5, 0.6) is 0 Å². The van der Waals surface area contributed by atoms with Crippen molar-refractivity contribution in [1.29, 1.82) is 0 Å². The highest BCUT2D eigenvalue weighted by Crippen LogP contribution is 2.11. The average Bonchev–Trinajstić information content (AvgIpc) is 2.40. The summed E-state index contributed by atoms with van der Waals surface area (Å²) in [7, 11) is -3.92. The number of nitrogens with two attached hydrogens (primary N) is 1. The third-order valence-electron chi connectivity index (χ3n) is 2.31. The molecule has 7 heteroatoms. The fourth-order valence-corrected chi connectivity index (χ4v) is 2.34. The van der Waals surface area contributed by atoms with Gasteiger partial charge in [0.1, 0.15) is 5.69 Å². The highest BCUT2D eigenvalue weighted by molar-refractivity contribution is 7.90. The quantitative estimate of drug-likeness (QED) is 0.807. The standard InChI is InChI=1S/C12H11N3O3S/c13-9-4-6-10(7-5-9)19(17,18)15-12(16)11-3-1-2-8-14-11/h1-8H,13H2,(H,15,16). The summed E-state index contributed by atoms with van der Waals surface area (Å²) in [6, 6.07) is 10.2. The van der Waals surface area contributed by atoms with E-state index in [1.165, 1.54) is 36.5 Å². The van der Waals surface area contributed by atoms with Crippen molar-refractivity contribution in [2.45, 2.75) is 4.90 Å². The number of sulfonamides is 1. The number of aromatic nitrogens is 1. The van der Waals surface area contributed by atoms with Crippen LogP contribution >= 0.6 is 0 Å². The Morgan fingerprint density at radius 1 is 1.11 bits per heavy atom. The van der Waals surface area contributed by atoms with Crippen molar-refractivity contribution in [2.24, 2.45) is 0 Å². The molecular formula is C12H11N3O3S. The van der Waals surface area contributed by atoms with Gasteiger partial charge >= 0.3 is 0 Å². The van der Waals surface area contributed by atoms with Gasteiger partial charge in [0.15, 0.2) is 0 Å². The maximum Gasteiger partial charge on any atom is 0.283 e. The molecule has 3 N–H and O–H groups in total. The predicted octanol–water partition coefficient (Wildman–Crippen LogP) is 0.782. The SMILES string of the molecule is Nc1ccc(S(=O)(=O)NC(=O)c2ccccn2)cc1. The van der Waals surface area contributed by atoms with E-state index in [1.807, 2.05) is 4.72 Å². The Bertz CT molecular complexity index is 682. The molecule has 6 nitrogen and oxygen atoms in total. The molecule has 1 aromatic heterocycles. The molecule has 2 aromatic rings. The normalized spacial score (nSPS) is 10.9. The summed E-state index contributed by atoms with van der Waals surface area (Å²) in [6.45, 7) is 0. The van der Waals surface area contributed by atoms with Crippen molar-refractivity contribution in [3.63, 3.8) is 0 Å². The van der Waals surface area contributed by atoms with Crippen LogP contribution < -0.4 is 10.5 Å². The topological polar surface area (TPSA) is 102 Å². The van der Waals surface area contributed by atoms with Gasteiger partial charge in [0, 0.05) is 11.9 Å². The third-order valence-corrected chi connectivity index (χ3v) is 3.66. The van der Waals surface area contributed by atoms with Crippen LogP contribution in [-0.4, -0.2) is 19.3 Å². The van der Waals surface area contributed by atoms with E-state index in [0.29, 0.717) is 5.69 Å². The number of rotatable bonds is 3. The van der Waals surface area contributed by atoms with E-state index in [0.717, 1.165) is 0 Å². The highest BCUT2D eigenvalue weighted by Gasteiger charge is 2.18. The first-order valence-electron chi connectivity index (χ1n) is 5.33. The molecule has 0 aliphatic carbocycles. The lowest BCUT2D eigenvalue weighted by Gasteiger charge is -2.06. The van der Waals surface area contributed by atoms with Crippen LogP contribution in [0.1, 0.15) is 10.5 Å². The summed E-state index contributed by atoms with van der Waals surface area (Å²) < 4.78 is 25.8. The van der Waals surface area contributed by atoms with E-state index in [4.69, 9.17) is 5.73 Å². The van der Waals surface area contributed by atoms with Crippen LogP contribution in [0.15, 0.2) is 53.6 Å². The molecule has 1 aromatic carbocycles. The van der Waals surface area contributed by atoms with E-state index in [1.54, 1.807) is 12.1 Å². The Morgan fingerprint density at radius 3 is 2.37 bits per heavy atom. The second-order valence-corrected chi connectivity index (χ2v) is 5.40. The molecule has 0 fully saturated rings. The zero-order valence-electron chi connectivity index (χ0n) is 9.78. The Kier molecular flexibility index (Phi) is 3.48. The number of amides is 1. The fourth-order valence-electron chi connectivity index (χ4n) is 1.38. The molecule has 0 spiro atoms. The molecule has 0 radical (unpaired) electrons. The zero-order chi connectivity index (χ0) is 13.9. The molecule has 0 aliphatic heterocycles. The summed E-state index contributed by atoms with van der Waals surface area (Å²) in [5.74, 6) is -0.780. The number of pyridine rings is 1. The maximum atomic E-state index is 11.9. The molecule has 0 unspecified atom stereocenters. The minimum absolute atomic E-state index is 0.0292. The van der Waals surface area contributed by atoms with Gasteiger partial charge in [-0.15, -0.1) is 0 Å². The second-order valence-electron chi connectivity index (χ2n) is 3.72. The van der Waals surface area contributed by atoms with E-state index in [-0.39, 0.29) is 10.6 Å². The number of nitrogen functional groups attached to an aromatic ring is 1. The van der Waals surface area contributed by atoms with Crippen molar-refractivity contribution < 1.29 is 13.2 Å². The van der Waals surface area contributed by atoms with E-state index in [2.05, 4.69) is 4.98 Å². The van der Waals surface area contributed by atoms with E-state index < -0.39 is 15.9 Å². The van der Waals surface area contributed by atoms with E-state index >= 15 is 0 Å². The molecule has 19 heavy (non-hydrogen) atoms. The van der Waals surface area contributed by atoms with Crippen LogP contribution in [0.3, 0.4) is 0 Å². The van der Waals surface area contributed by atoms with Gasteiger partial charge in [0.05, 0.1) is 4.90 Å². The Morgan fingerprint density at radius 2 is 1.79 bits per heavy atom. The van der Waals surface area contributed by atoms with Crippen molar-refractivity contribution in [3.8, 4) is 0 Å². The molecule has 1 heterocycles. The smallest absolute Gasteiger partial charge is 0.283 e. The molecule has 98 valence electrons. The van der Waals surface area contributed by atoms with Gasteiger partial charge in [-0.2, -0.15) is 0 Å². The molecule has 0 atom stereocenters. The minimum Gasteiger partial charge on any atom is -0.399 e. The van der Waals surface area contributed by atoms with Gasteiger partial charge in [-0.25, -0.2) is 13.1 Å². The van der Waals surface area contributed by atoms with Gasteiger partial charge in [0.25, 0.3) is 15.9 Å². The third kappa shape index (κ3) is 3.08. The van der Waals surface area contributed by atoms with Crippen molar-refractivity contribution in [3.05, 3.63) is 54.4 Å². The van der Waals surface area contributed by atoms with Gasteiger partial charge in [0.2, 0.25) is 0 Å². The van der Waals surface area contributed by atoms with Crippen LogP contribution in [0.4, 0.5) is 5.69 Å². The summed E-state index contributed by atoms with van der Waals surface area (Å²) in [6.07, 6.45) is 1.41. The Hall–Kier alpha value is -2.41. The van der Waals surface area contributed by atoms with Crippen molar-refractivity contribution in [1.82, 2.24) is 9.71 Å². The van der Waals surface area contributed by atoms with Gasteiger partial charge in [-0.1, -0.05) is 6.07 Å². The first-order valence-corrected chi connectivity index (χ1v) is 6.81. The summed E-state index contributed by atoms with van der Waals surface area (Å²) in [4.78, 5) is 15.5. The lowest BCUT2D eigenvalue weighted by atomic mass is 10.3. The highest BCUT2D eigenvalue weighted by atomic mass is 32.2. The summed E-state index contributed by atoms with van der Waals surface area (Å²) in [5.41, 5.74) is 5.94. The number of carbonyl (C=O) groups excluding carboxylic acids is 1. The van der Waals surface area contributed by atoms with Gasteiger partial charge < -0.3 is 5.73 Å². The lowest BCUT2D eigenvalue weighted by molar-refractivity contribution is 0.0976. The number of anilines is 1. The number of nitrogens with one attached hydrogen (secondary N) is 1. The average molecular weight is 277 g/mol. The zero-order valence-corrected chi connectivity index (χ0v) is 10.6. The molecular weight excluding hydrogens is 266 g/mol. The minimum atomic E-state index is -3.92. The van der Waals surface area contributed by atoms with Gasteiger partial charge in [-0.3, -0.25) is 9.78 Å². The van der Waals surface area contributed by atoms with E-state index in [9.17, 15) is 13.2 Å². The second kappa shape index (κ2) is 5.07. The number of nitrogens with zero attached hydrogens (tertiary/aromatic N) is 1.